The van der Waals surface area contributed by atoms with Gasteiger partial charge in [0.05, 0.1) is 20.6 Å². The minimum Gasteiger partial charge on any atom is -0.282 e. The summed E-state index contributed by atoms with van der Waals surface area (Å²) < 4.78 is 1.06. The van der Waals surface area contributed by atoms with E-state index in [2.05, 4.69) is 10.3 Å². The van der Waals surface area contributed by atoms with Crippen molar-refractivity contribution in [2.45, 2.75) is 0 Å². The van der Waals surface area contributed by atoms with Crippen LogP contribution >= 0.6 is 23.1 Å². The van der Waals surface area contributed by atoms with E-state index in [1.54, 1.807) is 22.9 Å². The first-order valence-corrected chi connectivity index (χ1v) is 6.50. The molecule has 1 N–H and O–H groups in total. The topological polar surface area (TPSA) is 59.1 Å². The van der Waals surface area contributed by atoms with Crippen LogP contribution in [0.25, 0.3) is 16.3 Å². The summed E-state index contributed by atoms with van der Waals surface area (Å²) in [7, 11) is 0. The summed E-state index contributed by atoms with van der Waals surface area (Å²) in [4.78, 5) is 27.0. The molecule has 84 valence electrons. The number of nitrogens with one attached hydrogen (secondary N) is 1. The molecule has 1 aliphatic heterocycles. The van der Waals surface area contributed by atoms with E-state index in [1.807, 2.05) is 18.2 Å². The summed E-state index contributed by atoms with van der Waals surface area (Å²) in [5, 5.41) is 1.91. The summed E-state index contributed by atoms with van der Waals surface area (Å²) in [5.41, 5.74) is 3.62. The zero-order valence-electron chi connectivity index (χ0n) is 8.47. The van der Waals surface area contributed by atoms with E-state index in [0.717, 1.165) is 27.5 Å². The predicted molar refractivity (Wildman–Crippen MR) is 68.7 cm³/mol. The van der Waals surface area contributed by atoms with Crippen LogP contribution in [0.2, 0.25) is 0 Å². The van der Waals surface area contributed by atoms with Crippen LogP contribution < -0.4 is 5.32 Å². The van der Waals surface area contributed by atoms with Crippen LogP contribution in [-0.4, -0.2) is 16.1 Å². The summed E-state index contributed by atoms with van der Waals surface area (Å²) in [6.45, 7) is 0. The lowest BCUT2D eigenvalue weighted by molar-refractivity contribution is -0.115. The van der Waals surface area contributed by atoms with Gasteiger partial charge >= 0.3 is 0 Å². The average molecular weight is 262 g/mol. The van der Waals surface area contributed by atoms with Crippen molar-refractivity contribution in [3.05, 3.63) is 34.2 Å². The van der Waals surface area contributed by atoms with Gasteiger partial charge in [-0.3, -0.25) is 14.9 Å². The Morgan fingerprint density at radius 3 is 2.94 bits per heavy atom. The lowest BCUT2D eigenvalue weighted by Crippen LogP contribution is -2.17. The molecule has 0 bridgehead atoms. The van der Waals surface area contributed by atoms with E-state index < -0.39 is 0 Å². The molecular weight excluding hydrogens is 256 g/mol. The van der Waals surface area contributed by atoms with E-state index >= 15 is 0 Å². The highest BCUT2D eigenvalue weighted by Crippen LogP contribution is 2.27. The molecule has 0 spiro atoms. The van der Waals surface area contributed by atoms with Gasteiger partial charge in [-0.15, -0.1) is 11.3 Å². The molecule has 6 heteroatoms. The molecule has 1 fully saturated rings. The number of nitrogens with zero attached hydrogens (tertiary/aromatic N) is 1. The quantitative estimate of drug-likeness (QED) is 0.803. The van der Waals surface area contributed by atoms with E-state index in [1.165, 1.54) is 0 Å². The fourth-order valence-corrected chi connectivity index (χ4v) is 2.94. The first kappa shape index (κ1) is 10.5. The van der Waals surface area contributed by atoms with E-state index in [0.29, 0.717) is 4.91 Å². The third-order valence-corrected chi connectivity index (χ3v) is 3.90. The Hall–Kier alpha value is -1.66. The van der Waals surface area contributed by atoms with Crippen molar-refractivity contribution in [2.75, 3.05) is 0 Å². The highest BCUT2D eigenvalue weighted by Gasteiger charge is 2.24. The normalized spacial score (nSPS) is 18.0. The zero-order valence-corrected chi connectivity index (χ0v) is 10.1. The van der Waals surface area contributed by atoms with Crippen LogP contribution in [0.3, 0.4) is 0 Å². The molecule has 1 aliphatic rings. The number of carbonyl (C=O) groups excluding carboxylic acids is 2. The maximum atomic E-state index is 11.4. The van der Waals surface area contributed by atoms with Crippen molar-refractivity contribution in [3.8, 4) is 0 Å². The standard InChI is InChI=1S/C11H6N2O2S2/c14-10-9(17-11(15)13-10)4-6-1-2-7-8(3-6)16-5-12-7/h1-5H,(H,13,14,15)/b9-4-. The Morgan fingerprint density at radius 1 is 1.29 bits per heavy atom. The van der Waals surface area contributed by atoms with Gasteiger partial charge in [0.25, 0.3) is 11.1 Å². The summed E-state index contributed by atoms with van der Waals surface area (Å²) in [6.07, 6.45) is 1.71. The number of aromatic nitrogens is 1. The number of thioether (sulfide) groups is 1. The van der Waals surface area contributed by atoms with Gasteiger partial charge in [0.2, 0.25) is 0 Å². The Bertz CT molecular complexity index is 660. The second-order valence-electron chi connectivity index (χ2n) is 3.43. The van der Waals surface area contributed by atoms with Crippen LogP contribution in [0.5, 0.6) is 0 Å². The molecule has 1 aromatic heterocycles. The largest absolute Gasteiger partial charge is 0.290 e. The lowest BCUT2D eigenvalue weighted by Gasteiger charge is -1.94. The highest BCUT2D eigenvalue weighted by atomic mass is 32.2. The molecule has 0 unspecified atom stereocenters. The minimum atomic E-state index is -0.329. The second-order valence-corrected chi connectivity index (χ2v) is 5.33. The van der Waals surface area contributed by atoms with Gasteiger partial charge in [-0.05, 0) is 35.5 Å². The van der Waals surface area contributed by atoms with Gasteiger partial charge < -0.3 is 0 Å². The van der Waals surface area contributed by atoms with Crippen LogP contribution in [0.4, 0.5) is 4.79 Å². The van der Waals surface area contributed by atoms with Gasteiger partial charge in [0.15, 0.2) is 0 Å². The second kappa shape index (κ2) is 3.97. The fourth-order valence-electron chi connectivity index (χ4n) is 1.53. The molecule has 2 amide bonds. The molecule has 0 radical (unpaired) electrons. The third-order valence-electron chi connectivity index (χ3n) is 2.30. The van der Waals surface area contributed by atoms with Crippen molar-refractivity contribution >= 4 is 50.5 Å². The van der Waals surface area contributed by atoms with E-state index in [-0.39, 0.29) is 11.1 Å². The lowest BCUT2D eigenvalue weighted by atomic mass is 10.2. The maximum absolute atomic E-state index is 11.4. The van der Waals surface area contributed by atoms with Gasteiger partial charge in [-0.1, -0.05) is 6.07 Å². The number of thiazole rings is 1. The zero-order chi connectivity index (χ0) is 11.8. The van der Waals surface area contributed by atoms with Crippen LogP contribution in [0, 0.1) is 0 Å². The van der Waals surface area contributed by atoms with E-state index in [9.17, 15) is 9.59 Å². The van der Waals surface area contributed by atoms with Gasteiger partial charge in [0.1, 0.15) is 0 Å². The highest BCUT2D eigenvalue weighted by molar-refractivity contribution is 8.18. The van der Waals surface area contributed by atoms with E-state index in [4.69, 9.17) is 0 Å². The molecule has 0 saturated carbocycles. The first-order chi connectivity index (χ1) is 8.22. The molecule has 2 aromatic rings. The Kier molecular flexibility index (Phi) is 2.45. The maximum Gasteiger partial charge on any atom is 0.290 e. The number of hydrogen-bond acceptors (Lipinski definition) is 5. The van der Waals surface area contributed by atoms with Crippen molar-refractivity contribution in [3.63, 3.8) is 0 Å². The first-order valence-electron chi connectivity index (χ1n) is 4.80. The molecule has 1 saturated heterocycles. The SMILES string of the molecule is O=C1NC(=O)/C(=C/c2ccc3ncsc3c2)S1. The van der Waals surface area contributed by atoms with Crippen molar-refractivity contribution in [1.82, 2.24) is 10.3 Å². The molecule has 3 rings (SSSR count). The number of imide groups is 1. The number of amides is 2. The smallest absolute Gasteiger partial charge is 0.282 e. The van der Waals surface area contributed by atoms with Crippen molar-refractivity contribution < 1.29 is 9.59 Å². The molecule has 4 nitrogen and oxygen atoms in total. The van der Waals surface area contributed by atoms with Crippen molar-refractivity contribution in [2.24, 2.45) is 0 Å². The molecule has 17 heavy (non-hydrogen) atoms. The van der Waals surface area contributed by atoms with Crippen LogP contribution in [-0.2, 0) is 4.79 Å². The Labute approximate surface area is 105 Å². The number of rotatable bonds is 1. The number of hydrogen-bond donors (Lipinski definition) is 1. The molecule has 1 aromatic carbocycles. The van der Waals surface area contributed by atoms with Gasteiger partial charge in [0, 0.05) is 0 Å². The number of fused-ring (bicyclic) bond motifs is 1. The van der Waals surface area contributed by atoms with Crippen LogP contribution in [0.15, 0.2) is 28.6 Å². The Morgan fingerprint density at radius 2 is 2.18 bits per heavy atom. The van der Waals surface area contributed by atoms with Crippen molar-refractivity contribution in [1.29, 1.82) is 0 Å². The Balaban J connectivity index is 2.01. The molecule has 0 atom stereocenters. The van der Waals surface area contributed by atoms with Crippen LogP contribution in [0.1, 0.15) is 5.56 Å². The number of benzene rings is 1. The minimum absolute atomic E-state index is 0.319. The molecule has 2 heterocycles. The summed E-state index contributed by atoms with van der Waals surface area (Å²) >= 11 is 2.47. The number of carbonyl (C=O) groups is 2. The monoisotopic (exact) mass is 262 g/mol. The molecule has 0 aliphatic carbocycles. The fraction of sp³-hybridized carbons (Fsp3) is 0. The third kappa shape index (κ3) is 1.96. The molecular formula is C11H6N2O2S2. The van der Waals surface area contributed by atoms with Gasteiger partial charge in [-0.2, -0.15) is 0 Å². The predicted octanol–water partition coefficient (Wildman–Crippen LogP) is 2.62. The van der Waals surface area contributed by atoms with Gasteiger partial charge in [-0.25, -0.2) is 4.98 Å². The average Bonchev–Trinajstić information content (AvgIpc) is 2.85. The summed E-state index contributed by atoms with van der Waals surface area (Å²) in [6, 6.07) is 5.74. The summed E-state index contributed by atoms with van der Waals surface area (Å²) in [5.74, 6) is -0.329.